The van der Waals surface area contributed by atoms with Gasteiger partial charge in [0.25, 0.3) is 0 Å². The maximum Gasteiger partial charge on any atom is 0.508 e. The van der Waals surface area contributed by atoms with Crippen molar-refractivity contribution < 1.29 is 24.2 Å². The first kappa shape index (κ1) is 14.7. The normalized spacial score (nSPS) is 11.9. The Balaban J connectivity index is 3.41. The molecule has 0 aromatic heterocycles. The molecule has 6 heteroatoms. The van der Waals surface area contributed by atoms with Crippen LogP contribution in [0.1, 0.15) is 32.6 Å². The zero-order valence-corrected chi connectivity index (χ0v) is 9.48. The summed E-state index contributed by atoms with van der Waals surface area (Å²) in [7, 11) is 0. The summed E-state index contributed by atoms with van der Waals surface area (Å²) in [4.78, 5) is 21.2. The molecule has 0 aliphatic carbocycles. The molecule has 0 saturated carbocycles. The summed E-state index contributed by atoms with van der Waals surface area (Å²) in [5.74, 6) is -1.21. The minimum absolute atomic E-state index is 0.293. The van der Waals surface area contributed by atoms with Crippen molar-refractivity contribution in [3.63, 3.8) is 0 Å². The van der Waals surface area contributed by atoms with Crippen molar-refractivity contribution in [3.8, 4) is 0 Å². The van der Waals surface area contributed by atoms with E-state index in [2.05, 4.69) is 11.7 Å². The van der Waals surface area contributed by atoms with Crippen molar-refractivity contribution in [3.05, 3.63) is 0 Å². The zero-order chi connectivity index (χ0) is 12.4. The first-order valence-electron chi connectivity index (χ1n) is 5.35. The molecule has 0 aromatic rings. The Bertz CT molecular complexity index is 219. The molecule has 0 heterocycles. The van der Waals surface area contributed by atoms with Gasteiger partial charge in [-0.15, -0.1) is 0 Å². The zero-order valence-electron chi connectivity index (χ0n) is 9.48. The largest absolute Gasteiger partial charge is 0.508 e. The molecule has 0 bridgehead atoms. The second-order valence-corrected chi connectivity index (χ2v) is 3.41. The monoisotopic (exact) mass is 233 g/mol. The van der Waals surface area contributed by atoms with E-state index in [0.717, 1.165) is 25.7 Å². The van der Waals surface area contributed by atoms with E-state index >= 15 is 0 Å². The fourth-order valence-electron chi connectivity index (χ4n) is 0.955. The lowest BCUT2D eigenvalue weighted by atomic mass is 10.2. The van der Waals surface area contributed by atoms with Gasteiger partial charge in [0, 0.05) is 0 Å². The Hall–Kier alpha value is -1.30. The van der Waals surface area contributed by atoms with Crippen LogP contribution in [0.5, 0.6) is 0 Å². The van der Waals surface area contributed by atoms with Crippen molar-refractivity contribution in [1.29, 1.82) is 0 Å². The molecule has 1 atom stereocenters. The molecule has 0 spiro atoms. The minimum atomic E-state index is -1.21. The van der Waals surface area contributed by atoms with E-state index in [1.54, 1.807) is 0 Å². The number of carbonyl (C=O) groups excluding carboxylic acids is 1. The number of carbonyl (C=O) groups is 2. The standard InChI is InChI=1S/C10H19NO5/c1-2-3-4-5-6-15-10(14)16-7-8(11)9(12)13/h8H,2-7,11H2,1H3,(H,12,13). The van der Waals surface area contributed by atoms with E-state index in [4.69, 9.17) is 15.6 Å². The Morgan fingerprint density at radius 2 is 1.94 bits per heavy atom. The number of carboxylic acid groups (broad SMARTS) is 1. The van der Waals surface area contributed by atoms with Gasteiger partial charge in [0.2, 0.25) is 0 Å². The maximum atomic E-state index is 10.9. The van der Waals surface area contributed by atoms with E-state index in [1.807, 2.05) is 0 Å². The van der Waals surface area contributed by atoms with E-state index in [0.29, 0.717) is 6.61 Å². The summed E-state index contributed by atoms with van der Waals surface area (Å²) in [5.41, 5.74) is 5.13. The molecule has 0 rings (SSSR count). The highest BCUT2D eigenvalue weighted by molar-refractivity contribution is 5.73. The molecule has 6 nitrogen and oxygen atoms in total. The molecule has 0 saturated heterocycles. The van der Waals surface area contributed by atoms with Gasteiger partial charge in [0.05, 0.1) is 6.61 Å². The summed E-state index contributed by atoms with van der Waals surface area (Å²) in [6, 6.07) is -1.20. The Morgan fingerprint density at radius 3 is 2.50 bits per heavy atom. The van der Waals surface area contributed by atoms with Crippen LogP contribution in [0.15, 0.2) is 0 Å². The number of ether oxygens (including phenoxy) is 2. The van der Waals surface area contributed by atoms with Crippen LogP contribution in [0.3, 0.4) is 0 Å². The van der Waals surface area contributed by atoms with Crippen molar-refractivity contribution >= 4 is 12.1 Å². The van der Waals surface area contributed by atoms with Gasteiger partial charge in [0.15, 0.2) is 0 Å². The summed E-state index contributed by atoms with van der Waals surface area (Å²) in [6.45, 7) is 2.01. The molecular weight excluding hydrogens is 214 g/mol. The summed E-state index contributed by atoms with van der Waals surface area (Å²) in [5, 5.41) is 8.41. The fraction of sp³-hybridized carbons (Fsp3) is 0.800. The molecule has 94 valence electrons. The lowest BCUT2D eigenvalue weighted by Crippen LogP contribution is -2.35. The first-order chi connectivity index (χ1) is 7.57. The minimum Gasteiger partial charge on any atom is -0.480 e. The molecule has 0 amide bonds. The number of hydrogen-bond donors (Lipinski definition) is 2. The van der Waals surface area contributed by atoms with Crippen LogP contribution in [0.25, 0.3) is 0 Å². The highest BCUT2D eigenvalue weighted by Gasteiger charge is 2.14. The van der Waals surface area contributed by atoms with Gasteiger partial charge in [-0.05, 0) is 6.42 Å². The van der Waals surface area contributed by atoms with E-state index in [1.165, 1.54) is 0 Å². The van der Waals surface area contributed by atoms with Crippen LogP contribution < -0.4 is 5.73 Å². The molecule has 0 fully saturated rings. The van der Waals surface area contributed by atoms with Crippen molar-refractivity contribution in [2.45, 2.75) is 38.6 Å². The second kappa shape index (κ2) is 8.96. The lowest BCUT2D eigenvalue weighted by molar-refractivity contribution is -0.139. The summed E-state index contributed by atoms with van der Waals surface area (Å²) >= 11 is 0. The highest BCUT2D eigenvalue weighted by Crippen LogP contribution is 1.99. The third-order valence-corrected chi connectivity index (χ3v) is 1.92. The third-order valence-electron chi connectivity index (χ3n) is 1.92. The first-order valence-corrected chi connectivity index (χ1v) is 5.35. The lowest BCUT2D eigenvalue weighted by Gasteiger charge is -2.08. The van der Waals surface area contributed by atoms with Crippen LogP contribution in [0.2, 0.25) is 0 Å². The van der Waals surface area contributed by atoms with Crippen molar-refractivity contribution in [2.75, 3.05) is 13.2 Å². The third kappa shape index (κ3) is 8.05. The molecular formula is C10H19NO5. The smallest absolute Gasteiger partial charge is 0.480 e. The van der Waals surface area contributed by atoms with E-state index in [9.17, 15) is 9.59 Å². The number of hydrogen-bond acceptors (Lipinski definition) is 5. The average Bonchev–Trinajstić information content (AvgIpc) is 2.25. The number of nitrogens with two attached hydrogens (primary N) is 1. The highest BCUT2D eigenvalue weighted by atomic mass is 16.7. The summed E-state index contributed by atoms with van der Waals surface area (Å²) in [6.07, 6.45) is 3.13. The Labute approximate surface area is 94.7 Å². The van der Waals surface area contributed by atoms with E-state index < -0.39 is 18.2 Å². The second-order valence-electron chi connectivity index (χ2n) is 3.41. The molecule has 1 unspecified atom stereocenters. The molecule has 16 heavy (non-hydrogen) atoms. The fourth-order valence-corrected chi connectivity index (χ4v) is 0.955. The Morgan fingerprint density at radius 1 is 1.25 bits per heavy atom. The summed E-state index contributed by atoms with van der Waals surface area (Å²) < 4.78 is 9.21. The van der Waals surface area contributed by atoms with Gasteiger partial charge in [-0.3, -0.25) is 4.79 Å². The average molecular weight is 233 g/mol. The number of unbranched alkanes of at least 4 members (excludes halogenated alkanes) is 3. The predicted octanol–water partition coefficient (Wildman–Crippen LogP) is 1.13. The van der Waals surface area contributed by atoms with Crippen LogP contribution in [-0.2, 0) is 14.3 Å². The molecule has 0 radical (unpaired) electrons. The van der Waals surface area contributed by atoms with Crippen LogP contribution in [0, 0.1) is 0 Å². The van der Waals surface area contributed by atoms with Gasteiger partial charge >= 0.3 is 12.1 Å². The van der Waals surface area contributed by atoms with Crippen LogP contribution in [-0.4, -0.2) is 36.5 Å². The van der Waals surface area contributed by atoms with Crippen LogP contribution >= 0.6 is 0 Å². The molecule has 0 aromatic carbocycles. The molecule has 0 aliphatic rings. The van der Waals surface area contributed by atoms with Gasteiger partial charge in [-0.2, -0.15) is 0 Å². The molecule has 3 N–H and O–H groups in total. The maximum absolute atomic E-state index is 10.9. The van der Waals surface area contributed by atoms with Gasteiger partial charge in [0.1, 0.15) is 12.6 Å². The SMILES string of the molecule is CCCCCCOC(=O)OCC(N)C(=O)O. The predicted molar refractivity (Wildman–Crippen MR) is 57.1 cm³/mol. The van der Waals surface area contributed by atoms with Gasteiger partial charge in [-0.25, -0.2) is 4.79 Å². The quantitative estimate of drug-likeness (QED) is 0.481. The van der Waals surface area contributed by atoms with Gasteiger partial charge in [-0.1, -0.05) is 26.2 Å². The van der Waals surface area contributed by atoms with Gasteiger partial charge < -0.3 is 20.3 Å². The van der Waals surface area contributed by atoms with Crippen LogP contribution in [0.4, 0.5) is 4.79 Å². The topological polar surface area (TPSA) is 98.9 Å². The van der Waals surface area contributed by atoms with Crippen molar-refractivity contribution in [1.82, 2.24) is 0 Å². The number of carboxylic acids is 1. The van der Waals surface area contributed by atoms with Crippen molar-refractivity contribution in [2.24, 2.45) is 5.73 Å². The number of aliphatic carboxylic acids is 1. The van der Waals surface area contributed by atoms with E-state index in [-0.39, 0.29) is 6.61 Å². The number of rotatable bonds is 8. The molecule has 0 aliphatic heterocycles. The Kier molecular flexibility index (Phi) is 8.24.